The molecule has 0 aliphatic rings. The lowest BCUT2D eigenvalue weighted by molar-refractivity contribution is -0.385. The van der Waals surface area contributed by atoms with Crippen molar-refractivity contribution in [3.8, 4) is 0 Å². The molecule has 0 saturated carbocycles. The van der Waals surface area contributed by atoms with Gasteiger partial charge in [-0.3, -0.25) is 10.1 Å². The predicted octanol–water partition coefficient (Wildman–Crippen LogP) is 0.890. The lowest BCUT2D eigenvalue weighted by atomic mass is 10.1. The molecular formula is C11H16N2O5S. The Kier molecular flexibility index (Phi) is 4.98. The van der Waals surface area contributed by atoms with Gasteiger partial charge in [-0.25, -0.2) is 13.1 Å². The van der Waals surface area contributed by atoms with Crippen LogP contribution in [0.3, 0.4) is 0 Å². The average molecular weight is 288 g/mol. The number of hydrogen-bond acceptors (Lipinski definition) is 5. The zero-order valence-electron chi connectivity index (χ0n) is 10.6. The van der Waals surface area contributed by atoms with Gasteiger partial charge in [0.1, 0.15) is 0 Å². The highest BCUT2D eigenvalue weighted by atomic mass is 32.2. The van der Waals surface area contributed by atoms with Crippen LogP contribution in [0.5, 0.6) is 0 Å². The minimum absolute atomic E-state index is 0.154. The van der Waals surface area contributed by atoms with E-state index in [2.05, 4.69) is 4.72 Å². The summed E-state index contributed by atoms with van der Waals surface area (Å²) in [7, 11) is -3.84. The van der Waals surface area contributed by atoms with Crippen molar-refractivity contribution >= 4 is 15.7 Å². The molecule has 0 spiro atoms. The summed E-state index contributed by atoms with van der Waals surface area (Å²) in [5.74, 6) is -0.256. The van der Waals surface area contributed by atoms with Crippen LogP contribution in [-0.4, -0.2) is 31.1 Å². The third-order valence-corrected chi connectivity index (χ3v) is 4.38. The molecule has 2 unspecified atom stereocenters. The molecule has 2 N–H and O–H groups in total. The fourth-order valence-electron chi connectivity index (χ4n) is 1.35. The summed E-state index contributed by atoms with van der Waals surface area (Å²) in [6.07, 6.45) is 0. The highest BCUT2D eigenvalue weighted by Gasteiger charge is 2.22. The largest absolute Gasteiger partial charge is 0.396 e. The number of non-ortho nitro benzene ring substituents is 1. The number of nitro groups is 1. The van der Waals surface area contributed by atoms with Gasteiger partial charge >= 0.3 is 0 Å². The van der Waals surface area contributed by atoms with E-state index >= 15 is 0 Å². The second-order valence-corrected chi connectivity index (χ2v) is 6.04. The summed E-state index contributed by atoms with van der Waals surface area (Å²) in [6.45, 7) is 3.16. The van der Waals surface area contributed by atoms with Crippen molar-refractivity contribution in [1.29, 1.82) is 0 Å². The van der Waals surface area contributed by atoms with E-state index in [-0.39, 0.29) is 23.1 Å². The Labute approximate surface area is 111 Å². The number of nitrogens with zero attached hydrogens (tertiary/aromatic N) is 1. The van der Waals surface area contributed by atoms with Crippen molar-refractivity contribution in [2.45, 2.75) is 24.8 Å². The lowest BCUT2D eigenvalue weighted by Crippen LogP contribution is -2.38. The van der Waals surface area contributed by atoms with Crippen molar-refractivity contribution in [2.75, 3.05) is 6.61 Å². The smallest absolute Gasteiger partial charge is 0.270 e. The maximum Gasteiger partial charge on any atom is 0.270 e. The SMILES string of the molecule is CC(CO)C(C)NS(=O)(=O)c1cccc([N+](=O)[O-])c1. The number of aliphatic hydroxyl groups excluding tert-OH is 1. The zero-order valence-corrected chi connectivity index (χ0v) is 11.4. The Morgan fingerprint density at radius 1 is 1.42 bits per heavy atom. The molecule has 106 valence electrons. The molecule has 1 aromatic carbocycles. The average Bonchev–Trinajstić information content (AvgIpc) is 2.37. The van der Waals surface area contributed by atoms with Gasteiger partial charge in [0, 0.05) is 24.8 Å². The molecule has 0 radical (unpaired) electrons. The second-order valence-electron chi connectivity index (χ2n) is 4.32. The van der Waals surface area contributed by atoms with Crippen molar-refractivity contribution in [3.63, 3.8) is 0 Å². The van der Waals surface area contributed by atoms with Crippen molar-refractivity contribution < 1.29 is 18.4 Å². The number of nitrogens with one attached hydrogen (secondary N) is 1. The van der Waals surface area contributed by atoms with Crippen LogP contribution in [0.1, 0.15) is 13.8 Å². The molecular weight excluding hydrogens is 272 g/mol. The fraction of sp³-hybridized carbons (Fsp3) is 0.455. The van der Waals surface area contributed by atoms with Crippen molar-refractivity contribution in [1.82, 2.24) is 4.72 Å². The van der Waals surface area contributed by atoms with Gasteiger partial charge in [-0.2, -0.15) is 0 Å². The maximum atomic E-state index is 12.0. The van der Waals surface area contributed by atoms with Gasteiger partial charge < -0.3 is 5.11 Å². The van der Waals surface area contributed by atoms with Gasteiger partial charge in [-0.05, 0) is 18.9 Å². The van der Waals surface area contributed by atoms with E-state index in [0.717, 1.165) is 6.07 Å². The van der Waals surface area contributed by atoms with Crippen LogP contribution in [0, 0.1) is 16.0 Å². The summed E-state index contributed by atoms with van der Waals surface area (Å²) < 4.78 is 26.4. The number of benzene rings is 1. The van der Waals surface area contributed by atoms with E-state index in [9.17, 15) is 18.5 Å². The summed E-state index contributed by atoms with van der Waals surface area (Å²) in [4.78, 5) is 9.79. The van der Waals surface area contributed by atoms with Crippen LogP contribution >= 0.6 is 0 Å². The molecule has 0 aliphatic carbocycles. The van der Waals surface area contributed by atoms with Crippen molar-refractivity contribution in [3.05, 3.63) is 34.4 Å². The van der Waals surface area contributed by atoms with E-state index in [1.54, 1.807) is 13.8 Å². The Bertz CT molecular complexity index is 558. The molecule has 0 aromatic heterocycles. The molecule has 0 heterocycles. The lowest BCUT2D eigenvalue weighted by Gasteiger charge is -2.19. The molecule has 8 heteroatoms. The molecule has 2 atom stereocenters. The molecule has 19 heavy (non-hydrogen) atoms. The predicted molar refractivity (Wildman–Crippen MR) is 69.1 cm³/mol. The quantitative estimate of drug-likeness (QED) is 0.596. The van der Waals surface area contributed by atoms with E-state index in [1.807, 2.05) is 0 Å². The Balaban J connectivity index is 3.01. The summed E-state index contributed by atoms with van der Waals surface area (Å²) in [5, 5.41) is 19.6. The minimum Gasteiger partial charge on any atom is -0.396 e. The molecule has 7 nitrogen and oxygen atoms in total. The van der Waals surface area contributed by atoms with Crippen LogP contribution < -0.4 is 4.72 Å². The molecule has 1 aromatic rings. The first-order valence-electron chi connectivity index (χ1n) is 5.65. The normalized spacial score (nSPS) is 14.9. The van der Waals surface area contributed by atoms with Gasteiger partial charge in [0.15, 0.2) is 0 Å². The molecule has 0 bridgehead atoms. The van der Waals surface area contributed by atoms with E-state index < -0.39 is 21.0 Å². The Morgan fingerprint density at radius 2 is 2.05 bits per heavy atom. The zero-order chi connectivity index (χ0) is 14.6. The van der Waals surface area contributed by atoms with Crippen molar-refractivity contribution in [2.24, 2.45) is 5.92 Å². The monoisotopic (exact) mass is 288 g/mol. The first-order valence-corrected chi connectivity index (χ1v) is 7.14. The number of nitro benzene ring substituents is 1. The molecule has 1 rings (SSSR count). The maximum absolute atomic E-state index is 12.0. The number of hydrogen-bond donors (Lipinski definition) is 2. The highest BCUT2D eigenvalue weighted by Crippen LogP contribution is 2.18. The molecule has 0 saturated heterocycles. The summed E-state index contributed by atoms with van der Waals surface area (Å²) in [6, 6.07) is 4.34. The van der Waals surface area contributed by atoms with Crippen LogP contribution in [0.25, 0.3) is 0 Å². The third kappa shape index (κ3) is 3.98. The van der Waals surface area contributed by atoms with Gasteiger partial charge in [0.25, 0.3) is 5.69 Å². The molecule has 0 fully saturated rings. The van der Waals surface area contributed by atoms with Gasteiger partial charge in [0.05, 0.1) is 9.82 Å². The Morgan fingerprint density at radius 3 is 2.58 bits per heavy atom. The number of rotatable bonds is 6. The topological polar surface area (TPSA) is 110 Å². The minimum atomic E-state index is -3.84. The van der Waals surface area contributed by atoms with Crippen LogP contribution in [0.2, 0.25) is 0 Å². The standard InChI is InChI=1S/C11H16N2O5S/c1-8(7-14)9(2)12-19(17,18)11-5-3-4-10(6-11)13(15)16/h3-6,8-9,12,14H,7H2,1-2H3. The van der Waals surface area contributed by atoms with E-state index in [4.69, 9.17) is 5.11 Å². The van der Waals surface area contributed by atoms with Gasteiger partial charge in [-0.15, -0.1) is 0 Å². The van der Waals surface area contributed by atoms with Crippen LogP contribution in [0.15, 0.2) is 29.2 Å². The fourth-order valence-corrected chi connectivity index (χ4v) is 2.74. The second kappa shape index (κ2) is 6.09. The molecule has 0 aliphatic heterocycles. The summed E-state index contributed by atoms with van der Waals surface area (Å²) >= 11 is 0. The first kappa shape index (κ1) is 15.5. The Hall–Kier alpha value is -1.51. The molecule has 0 amide bonds. The van der Waals surface area contributed by atoms with E-state index in [0.29, 0.717) is 0 Å². The van der Waals surface area contributed by atoms with Crippen LogP contribution in [-0.2, 0) is 10.0 Å². The summed E-state index contributed by atoms with van der Waals surface area (Å²) in [5.41, 5.74) is -0.286. The number of aliphatic hydroxyl groups is 1. The van der Waals surface area contributed by atoms with Crippen LogP contribution in [0.4, 0.5) is 5.69 Å². The van der Waals surface area contributed by atoms with Gasteiger partial charge in [0.2, 0.25) is 10.0 Å². The third-order valence-electron chi connectivity index (χ3n) is 2.82. The van der Waals surface area contributed by atoms with Gasteiger partial charge in [-0.1, -0.05) is 13.0 Å². The number of sulfonamides is 1. The van der Waals surface area contributed by atoms with E-state index in [1.165, 1.54) is 18.2 Å². The first-order chi connectivity index (χ1) is 8.77. The highest BCUT2D eigenvalue weighted by molar-refractivity contribution is 7.89.